The first-order valence-corrected chi connectivity index (χ1v) is 18.5. The van der Waals surface area contributed by atoms with Crippen LogP contribution in [0.3, 0.4) is 0 Å². The third kappa shape index (κ3) is 4.32. The van der Waals surface area contributed by atoms with Crippen molar-refractivity contribution in [3.8, 4) is 0 Å². The van der Waals surface area contributed by atoms with Gasteiger partial charge in [-0.3, -0.25) is 17.8 Å². The minimum Gasteiger partial charge on any atom is -0.298 e. The fourth-order valence-corrected chi connectivity index (χ4v) is 11.1. The maximum Gasteiger partial charge on any atom is 0.297 e. The summed E-state index contributed by atoms with van der Waals surface area (Å²) in [6.07, 6.45) is 10.7. The lowest BCUT2D eigenvalue weighted by atomic mass is 10.0. The van der Waals surface area contributed by atoms with Crippen LogP contribution in [0.4, 0.5) is 0 Å². The molecule has 0 unspecified atom stereocenters. The van der Waals surface area contributed by atoms with Crippen LogP contribution in [0.2, 0.25) is 0 Å². The van der Waals surface area contributed by atoms with Gasteiger partial charge in [0.1, 0.15) is 5.82 Å². The molecule has 238 valence electrons. The first-order valence-electron chi connectivity index (χ1n) is 16.9. The van der Waals surface area contributed by atoms with Crippen molar-refractivity contribution in [3.05, 3.63) is 157 Å². The average Bonchev–Trinajstić information content (AvgIpc) is 3.80. The van der Waals surface area contributed by atoms with Gasteiger partial charge in [-0.05, 0) is 55.7 Å². The van der Waals surface area contributed by atoms with Crippen molar-refractivity contribution in [2.75, 3.05) is 0 Å². The van der Waals surface area contributed by atoms with Crippen LogP contribution in [0.15, 0.2) is 150 Å². The Morgan fingerprint density at radius 1 is 0.694 bits per heavy atom. The lowest BCUT2D eigenvalue weighted by Gasteiger charge is -2.27. The van der Waals surface area contributed by atoms with E-state index in [2.05, 4.69) is 136 Å². The molecule has 0 bridgehead atoms. The Labute approximate surface area is 284 Å². The second-order valence-corrected chi connectivity index (χ2v) is 15.1. The molecule has 8 aromatic rings. The summed E-state index contributed by atoms with van der Waals surface area (Å²) in [6, 6.07) is 41.7. The van der Waals surface area contributed by atoms with Gasteiger partial charge >= 0.3 is 0 Å². The van der Waals surface area contributed by atoms with E-state index in [0.29, 0.717) is 12.2 Å². The molecule has 0 N–H and O–H groups in total. The molecule has 5 aromatic carbocycles. The van der Waals surface area contributed by atoms with Crippen LogP contribution in [-0.2, 0) is 11.0 Å². The van der Waals surface area contributed by atoms with Crippen molar-refractivity contribution in [1.82, 2.24) is 13.2 Å². The molecule has 0 saturated heterocycles. The third-order valence-electron chi connectivity index (χ3n) is 9.98. The Morgan fingerprint density at radius 2 is 1.14 bits per heavy atom. The topological polar surface area (TPSA) is 44.2 Å². The minimum atomic E-state index is -3.64. The zero-order valence-electron chi connectivity index (χ0n) is 27.3. The molecular formula is C43H35N4OP. The number of aliphatic imine (C=N–C) groups is 1. The lowest BCUT2D eigenvalue weighted by Crippen LogP contribution is -2.09. The van der Waals surface area contributed by atoms with E-state index >= 15 is 4.57 Å². The van der Waals surface area contributed by atoms with E-state index in [1.54, 1.807) is 6.21 Å². The zero-order valence-corrected chi connectivity index (χ0v) is 28.2. The molecule has 5 nitrogen and oxygen atoms in total. The molecule has 49 heavy (non-hydrogen) atoms. The molecule has 1 aliphatic rings. The third-order valence-corrected chi connectivity index (χ3v) is 13.1. The molecule has 0 atom stereocenters. The number of hydrogen-bond donors (Lipinski definition) is 0. The Bertz CT molecular complexity index is 2540. The number of aromatic nitrogens is 3. The monoisotopic (exact) mass is 654 g/mol. The van der Waals surface area contributed by atoms with E-state index in [4.69, 9.17) is 4.99 Å². The molecule has 0 aliphatic heterocycles. The number of allylic oxidation sites excluding steroid dienone is 3. The Balaban J connectivity index is 1.30. The summed E-state index contributed by atoms with van der Waals surface area (Å²) in [4.78, 5) is 4.94. The molecule has 0 amide bonds. The lowest BCUT2D eigenvalue weighted by molar-refractivity contribution is 0.569. The minimum absolute atomic E-state index is 0.560. The van der Waals surface area contributed by atoms with Gasteiger partial charge in [0.05, 0.1) is 27.6 Å². The summed E-state index contributed by atoms with van der Waals surface area (Å²) in [5.74, 6) is 0.642. The normalized spacial score (nSPS) is 13.9. The fourth-order valence-electron chi connectivity index (χ4n) is 7.89. The highest BCUT2D eigenvalue weighted by atomic mass is 31.2. The highest BCUT2D eigenvalue weighted by molar-refractivity contribution is 7.66. The zero-order chi connectivity index (χ0) is 33.1. The maximum atomic E-state index is 16.8. The molecule has 1 aliphatic carbocycles. The summed E-state index contributed by atoms with van der Waals surface area (Å²) < 4.78 is 23.2. The van der Waals surface area contributed by atoms with E-state index in [0.717, 1.165) is 67.3 Å². The highest BCUT2D eigenvalue weighted by Crippen LogP contribution is 2.63. The van der Waals surface area contributed by atoms with Crippen molar-refractivity contribution < 1.29 is 4.57 Å². The van der Waals surface area contributed by atoms with Crippen molar-refractivity contribution >= 4 is 80.1 Å². The number of benzene rings is 5. The van der Waals surface area contributed by atoms with Crippen LogP contribution < -0.4 is 0 Å². The number of rotatable bonds is 7. The van der Waals surface area contributed by atoms with Crippen molar-refractivity contribution in [2.24, 2.45) is 4.99 Å². The van der Waals surface area contributed by atoms with Gasteiger partial charge in [0.15, 0.2) is 0 Å². The first kappa shape index (κ1) is 29.5. The highest BCUT2D eigenvalue weighted by Gasteiger charge is 2.36. The molecule has 0 saturated carbocycles. The average molecular weight is 655 g/mol. The van der Waals surface area contributed by atoms with E-state index in [9.17, 15) is 0 Å². The Hall–Kier alpha value is -5.64. The summed E-state index contributed by atoms with van der Waals surface area (Å²) in [7, 11) is -3.64. The number of hydrogen-bond acceptors (Lipinski definition) is 2. The van der Waals surface area contributed by atoms with Gasteiger partial charge in [0.25, 0.3) is 7.44 Å². The summed E-state index contributed by atoms with van der Waals surface area (Å²) in [5, 5.41) is 6.32. The molecule has 0 radical (unpaired) electrons. The van der Waals surface area contributed by atoms with Crippen LogP contribution in [0, 0.1) is 0 Å². The summed E-state index contributed by atoms with van der Waals surface area (Å²) >= 11 is 0. The molecule has 0 fully saturated rings. The number of fused-ring (bicyclic) bond motifs is 9. The van der Waals surface area contributed by atoms with Crippen LogP contribution >= 0.6 is 7.44 Å². The molecule has 0 spiro atoms. The largest absolute Gasteiger partial charge is 0.298 e. The van der Waals surface area contributed by atoms with E-state index in [-0.39, 0.29) is 0 Å². The predicted octanol–water partition coefficient (Wildman–Crippen LogP) is 11.9. The van der Waals surface area contributed by atoms with Crippen LogP contribution in [0.1, 0.15) is 31.0 Å². The molecule has 9 rings (SSSR count). The van der Waals surface area contributed by atoms with E-state index in [1.165, 1.54) is 16.6 Å². The van der Waals surface area contributed by atoms with Gasteiger partial charge < -0.3 is 0 Å². The second kappa shape index (κ2) is 11.5. The fraction of sp³-hybridized carbons (Fsp3) is 0.0930. The molecule has 6 heteroatoms. The van der Waals surface area contributed by atoms with E-state index < -0.39 is 7.44 Å². The van der Waals surface area contributed by atoms with Gasteiger partial charge in [0, 0.05) is 49.7 Å². The van der Waals surface area contributed by atoms with Crippen molar-refractivity contribution in [2.45, 2.75) is 26.2 Å². The van der Waals surface area contributed by atoms with Gasteiger partial charge in [0.2, 0.25) is 0 Å². The first-order chi connectivity index (χ1) is 24.1. The van der Waals surface area contributed by atoms with Gasteiger partial charge in [-0.25, -0.2) is 4.99 Å². The van der Waals surface area contributed by atoms with Crippen molar-refractivity contribution in [3.63, 3.8) is 0 Å². The van der Waals surface area contributed by atoms with Gasteiger partial charge in [-0.1, -0.05) is 117 Å². The van der Waals surface area contributed by atoms with Crippen LogP contribution in [-0.4, -0.2) is 19.5 Å². The molecular weight excluding hydrogens is 619 g/mol. The van der Waals surface area contributed by atoms with Crippen LogP contribution in [0.25, 0.3) is 66.4 Å². The summed E-state index contributed by atoms with van der Waals surface area (Å²) in [6.45, 7) is 6.52. The Kier molecular flexibility index (Phi) is 6.93. The standard InChI is InChI=1S/C43H35N4OP/c1-3-31(28-29-44-30(2)45-38-22-10-4-16-32(38)33-17-5-11-23-39(33)45)49(48,46-40-24-12-6-18-34(40)35-19-7-13-25-41(35)46)47-42-26-14-8-20-36(42)37-21-9-15-27-43(37)47/h4-10,12-22,24-29H,2-3,11,23H2,1H3/b31-28+,44-29?. The molecule has 3 heterocycles. The summed E-state index contributed by atoms with van der Waals surface area (Å²) in [5.41, 5.74) is 7.32. The van der Waals surface area contributed by atoms with Crippen LogP contribution in [0.5, 0.6) is 0 Å². The number of para-hydroxylation sites is 5. The maximum absolute atomic E-state index is 16.8. The van der Waals surface area contributed by atoms with Crippen molar-refractivity contribution in [1.29, 1.82) is 0 Å². The van der Waals surface area contributed by atoms with Gasteiger partial charge in [-0.15, -0.1) is 0 Å². The molecule has 3 aromatic heterocycles. The number of nitrogens with zero attached hydrogens (tertiary/aromatic N) is 4. The van der Waals surface area contributed by atoms with Gasteiger partial charge in [-0.2, -0.15) is 0 Å². The Morgan fingerprint density at radius 3 is 1.63 bits per heavy atom. The quantitative estimate of drug-likeness (QED) is 0.125. The predicted molar refractivity (Wildman–Crippen MR) is 209 cm³/mol. The smallest absolute Gasteiger partial charge is 0.297 e. The van der Waals surface area contributed by atoms with E-state index in [1.807, 2.05) is 30.3 Å². The SMILES string of the molecule is C=C(N=C/C=C(\CC)P(=O)(n1c2ccccc2c2ccccc21)n1c2ccccc2c2ccccc21)n1c2c(c3ccccc31)C=CCC2. The second-order valence-electron chi connectivity index (χ2n) is 12.6.